The van der Waals surface area contributed by atoms with E-state index < -0.39 is 13.7 Å². The van der Waals surface area contributed by atoms with Crippen LogP contribution in [0.25, 0.3) is 5.52 Å². The molecule has 3 atom stereocenters. The van der Waals surface area contributed by atoms with Gasteiger partial charge in [-0.2, -0.15) is 5.10 Å². The first-order valence-electron chi connectivity index (χ1n) is 12.3. The Kier molecular flexibility index (Phi) is 8.18. The summed E-state index contributed by atoms with van der Waals surface area (Å²) in [5.74, 6) is 0.187. The van der Waals surface area contributed by atoms with Gasteiger partial charge in [0.05, 0.1) is 25.0 Å². The van der Waals surface area contributed by atoms with Crippen LogP contribution in [-0.2, 0) is 28.8 Å². The number of ether oxygens (including phenoxy) is 2. The lowest BCUT2D eigenvalue weighted by molar-refractivity contribution is -0.141. The van der Waals surface area contributed by atoms with Gasteiger partial charge in [-0.15, -0.1) is 0 Å². The third kappa shape index (κ3) is 6.67. The number of rotatable bonds is 10. The van der Waals surface area contributed by atoms with E-state index in [1.165, 1.54) is 6.33 Å². The van der Waals surface area contributed by atoms with Crippen molar-refractivity contribution in [2.24, 2.45) is 0 Å². The fourth-order valence-corrected chi connectivity index (χ4v) is 5.37. The first-order valence-corrected chi connectivity index (χ1v) is 13.8. The topological polar surface area (TPSA) is 139 Å². The highest BCUT2D eigenvalue weighted by atomic mass is 31.2. The van der Waals surface area contributed by atoms with Gasteiger partial charge >= 0.3 is 13.7 Å². The number of aromatic nitrogens is 3. The molecule has 3 unspecified atom stereocenters. The molecule has 200 valence electrons. The molecule has 0 saturated carbocycles. The van der Waals surface area contributed by atoms with Crippen LogP contribution in [0.4, 0.5) is 5.82 Å². The molecule has 4 rings (SSSR count). The summed E-state index contributed by atoms with van der Waals surface area (Å²) in [4.78, 5) is 15.9. The first-order chi connectivity index (χ1) is 17.6. The molecule has 3 aromatic rings. The van der Waals surface area contributed by atoms with Crippen molar-refractivity contribution in [2.45, 2.75) is 58.2 Å². The normalized spacial score (nSPS) is 19.6. The van der Waals surface area contributed by atoms with E-state index in [-0.39, 0.29) is 37.4 Å². The monoisotopic (exact) mass is 531 g/mol. The van der Waals surface area contributed by atoms with Gasteiger partial charge < -0.3 is 19.7 Å². The molecule has 1 aliphatic rings. The van der Waals surface area contributed by atoms with Crippen LogP contribution in [-0.4, -0.2) is 46.4 Å². The van der Waals surface area contributed by atoms with Crippen LogP contribution in [0.5, 0.6) is 5.75 Å². The summed E-state index contributed by atoms with van der Waals surface area (Å²) >= 11 is 0. The molecule has 1 aromatic carbocycles. The maximum Gasteiger partial charge on any atom is 0.459 e. The predicted octanol–water partition coefficient (Wildman–Crippen LogP) is 4.19. The molecule has 3 heterocycles. The number of benzene rings is 1. The second-order valence-electron chi connectivity index (χ2n) is 9.82. The number of hydrogen-bond acceptors (Lipinski definition) is 9. The Morgan fingerprint density at radius 1 is 1.22 bits per heavy atom. The molecular formula is C25H34N5O6P. The second-order valence-corrected chi connectivity index (χ2v) is 11.6. The highest BCUT2D eigenvalue weighted by molar-refractivity contribution is 7.52. The molecule has 3 N–H and O–H groups in total. The van der Waals surface area contributed by atoms with Crippen molar-refractivity contribution in [3.05, 3.63) is 54.0 Å². The number of nitrogen functional groups attached to an aromatic ring is 1. The van der Waals surface area contributed by atoms with Crippen molar-refractivity contribution in [3.8, 4) is 5.75 Å². The number of esters is 1. The zero-order chi connectivity index (χ0) is 26.6. The molecular weight excluding hydrogens is 497 g/mol. The van der Waals surface area contributed by atoms with Gasteiger partial charge in [0.15, 0.2) is 5.82 Å². The molecule has 0 aliphatic carbocycles. The van der Waals surface area contributed by atoms with Gasteiger partial charge in [0.25, 0.3) is 0 Å². The fourth-order valence-electron chi connectivity index (χ4n) is 4.08. The minimum absolute atomic E-state index is 0.00408. The Morgan fingerprint density at radius 3 is 2.68 bits per heavy atom. The van der Waals surface area contributed by atoms with Crippen molar-refractivity contribution in [1.82, 2.24) is 19.7 Å². The standard InChI is InChI=1S/C25H34N5O6P/c1-5-33-23(31)14-29-37(32,36-18-8-6-17(7-9-18)25(2,3)4)34-15-19-10-13-22(35-19)20-11-12-21-24(26)27-16-28-30(20)21/h6-9,11-12,16,19,22H,5,10,13-15H2,1-4H3,(H,29,32)(H2,26,27,28). The number of nitrogens with zero attached hydrogens (tertiary/aromatic N) is 3. The molecule has 2 aromatic heterocycles. The van der Waals surface area contributed by atoms with Crippen LogP contribution in [0.2, 0.25) is 0 Å². The molecule has 0 radical (unpaired) electrons. The van der Waals surface area contributed by atoms with E-state index >= 15 is 0 Å². The summed E-state index contributed by atoms with van der Waals surface area (Å²) in [5, 5.41) is 6.89. The molecule has 12 heteroatoms. The first kappa shape index (κ1) is 27.1. The third-order valence-corrected chi connectivity index (χ3v) is 7.53. The maximum atomic E-state index is 13.6. The third-order valence-electron chi connectivity index (χ3n) is 6.05. The summed E-state index contributed by atoms with van der Waals surface area (Å²) in [5.41, 5.74) is 8.56. The summed E-state index contributed by atoms with van der Waals surface area (Å²) in [7, 11) is -3.93. The van der Waals surface area contributed by atoms with E-state index in [1.54, 1.807) is 23.6 Å². The molecule has 0 bridgehead atoms. The Hall–Kier alpha value is -2.98. The Morgan fingerprint density at radius 2 is 1.97 bits per heavy atom. The van der Waals surface area contributed by atoms with Crippen LogP contribution in [0.3, 0.4) is 0 Å². The molecule has 37 heavy (non-hydrogen) atoms. The van der Waals surface area contributed by atoms with Crippen molar-refractivity contribution in [1.29, 1.82) is 0 Å². The van der Waals surface area contributed by atoms with Crippen LogP contribution in [0.15, 0.2) is 42.7 Å². The molecule has 11 nitrogen and oxygen atoms in total. The van der Waals surface area contributed by atoms with E-state index in [1.807, 2.05) is 24.3 Å². The number of carbonyl (C=O) groups is 1. The van der Waals surface area contributed by atoms with Crippen LogP contribution in [0, 0.1) is 0 Å². The van der Waals surface area contributed by atoms with Crippen LogP contribution >= 0.6 is 7.75 Å². The quantitative estimate of drug-likeness (QED) is 0.289. The van der Waals surface area contributed by atoms with Gasteiger partial charge in [-0.1, -0.05) is 32.9 Å². The van der Waals surface area contributed by atoms with Crippen molar-refractivity contribution < 1.29 is 27.9 Å². The molecule has 1 fully saturated rings. The maximum absolute atomic E-state index is 13.6. The SMILES string of the molecule is CCOC(=O)CNP(=O)(OCC1CCC(c2ccc3c(N)ncnn23)O1)Oc1ccc(C(C)(C)C)cc1. The summed E-state index contributed by atoms with van der Waals surface area (Å²) in [6.45, 7) is 7.90. The smallest absolute Gasteiger partial charge is 0.459 e. The van der Waals surface area contributed by atoms with Gasteiger partial charge in [0.2, 0.25) is 0 Å². The van der Waals surface area contributed by atoms with Gasteiger partial charge in [-0.05, 0) is 55.0 Å². The van der Waals surface area contributed by atoms with Crippen molar-refractivity contribution in [2.75, 3.05) is 25.5 Å². The van der Waals surface area contributed by atoms with Crippen LogP contribution < -0.4 is 15.3 Å². The molecule has 1 aliphatic heterocycles. The van der Waals surface area contributed by atoms with E-state index in [2.05, 4.69) is 35.9 Å². The van der Waals surface area contributed by atoms with Crippen molar-refractivity contribution >= 4 is 25.1 Å². The van der Waals surface area contributed by atoms with Gasteiger partial charge in [-0.25, -0.2) is 19.2 Å². The lowest BCUT2D eigenvalue weighted by atomic mass is 9.87. The lowest BCUT2D eigenvalue weighted by Crippen LogP contribution is -2.27. The minimum Gasteiger partial charge on any atom is -0.465 e. The molecule has 0 amide bonds. The van der Waals surface area contributed by atoms with E-state index in [9.17, 15) is 9.36 Å². The number of nitrogens with two attached hydrogens (primary N) is 1. The summed E-state index contributed by atoms with van der Waals surface area (Å²) in [6.07, 6.45) is 2.23. The van der Waals surface area contributed by atoms with Gasteiger partial charge in [-0.3, -0.25) is 9.32 Å². The Bertz CT molecular complexity index is 1270. The average Bonchev–Trinajstić information content (AvgIpc) is 3.49. The van der Waals surface area contributed by atoms with E-state index in [0.29, 0.717) is 23.5 Å². The zero-order valence-electron chi connectivity index (χ0n) is 21.5. The average molecular weight is 532 g/mol. The predicted molar refractivity (Wildman–Crippen MR) is 138 cm³/mol. The summed E-state index contributed by atoms with van der Waals surface area (Å²) < 4.78 is 37.9. The van der Waals surface area contributed by atoms with E-state index in [4.69, 9.17) is 24.3 Å². The number of anilines is 1. The second kappa shape index (κ2) is 11.2. The Labute approximate surface area is 216 Å². The molecule has 1 saturated heterocycles. The van der Waals surface area contributed by atoms with E-state index in [0.717, 1.165) is 17.7 Å². The van der Waals surface area contributed by atoms with Crippen LogP contribution in [0.1, 0.15) is 57.9 Å². The minimum atomic E-state index is -3.93. The zero-order valence-corrected chi connectivity index (χ0v) is 22.4. The summed E-state index contributed by atoms with van der Waals surface area (Å²) in [6, 6.07) is 11.0. The number of fused-ring (bicyclic) bond motifs is 1. The van der Waals surface area contributed by atoms with Gasteiger partial charge in [0.1, 0.15) is 30.2 Å². The Balaban J connectivity index is 1.42. The highest BCUT2D eigenvalue weighted by Gasteiger charge is 2.34. The number of carbonyl (C=O) groups excluding carboxylic acids is 1. The number of nitrogens with one attached hydrogen (secondary N) is 1. The van der Waals surface area contributed by atoms with Crippen molar-refractivity contribution in [3.63, 3.8) is 0 Å². The largest absolute Gasteiger partial charge is 0.465 e. The number of hydrogen-bond donors (Lipinski definition) is 2. The molecule has 0 spiro atoms. The van der Waals surface area contributed by atoms with Gasteiger partial charge in [0, 0.05) is 0 Å². The fraction of sp³-hybridized carbons (Fsp3) is 0.480. The highest BCUT2D eigenvalue weighted by Crippen LogP contribution is 2.45. The lowest BCUT2D eigenvalue weighted by Gasteiger charge is -2.23.